The van der Waals surface area contributed by atoms with E-state index >= 15 is 0 Å². The molecule has 21 heavy (non-hydrogen) atoms. The predicted octanol–water partition coefficient (Wildman–Crippen LogP) is 3.43. The summed E-state index contributed by atoms with van der Waals surface area (Å²) in [4.78, 5) is -0.226. The Bertz CT molecular complexity index is 781. The molecule has 0 atom stereocenters. The quantitative estimate of drug-likeness (QED) is 0.888. The highest BCUT2D eigenvalue weighted by Gasteiger charge is 2.20. The standard InChI is InChI=1S/C13H10Cl2FNO3S/c14-10-4-2-9(16)6-12(10)17-21(19,20)13-5-8(7-18)1-3-11(13)15/h1-6,17-18H,7H2. The highest BCUT2D eigenvalue weighted by molar-refractivity contribution is 7.92. The minimum atomic E-state index is -4.06. The highest BCUT2D eigenvalue weighted by atomic mass is 35.5. The lowest BCUT2D eigenvalue weighted by Crippen LogP contribution is -2.14. The van der Waals surface area contributed by atoms with Crippen LogP contribution < -0.4 is 4.72 Å². The van der Waals surface area contributed by atoms with Crippen molar-refractivity contribution in [2.45, 2.75) is 11.5 Å². The maximum atomic E-state index is 13.2. The number of anilines is 1. The van der Waals surface area contributed by atoms with Gasteiger partial charge in [-0.25, -0.2) is 12.8 Å². The maximum Gasteiger partial charge on any atom is 0.263 e. The van der Waals surface area contributed by atoms with Crippen molar-refractivity contribution in [1.82, 2.24) is 0 Å². The number of aliphatic hydroxyl groups is 1. The first-order valence-electron chi connectivity index (χ1n) is 5.70. The van der Waals surface area contributed by atoms with E-state index in [4.69, 9.17) is 28.3 Å². The Morgan fingerprint density at radius 2 is 1.76 bits per heavy atom. The molecule has 0 saturated heterocycles. The fourth-order valence-corrected chi connectivity index (χ4v) is 3.47. The molecule has 8 heteroatoms. The molecule has 2 N–H and O–H groups in total. The second-order valence-electron chi connectivity index (χ2n) is 4.15. The molecule has 2 rings (SSSR count). The van der Waals surface area contributed by atoms with E-state index in [2.05, 4.69) is 4.72 Å². The molecular weight excluding hydrogens is 340 g/mol. The second kappa shape index (κ2) is 6.19. The normalized spacial score (nSPS) is 11.4. The SMILES string of the molecule is O=S(=O)(Nc1cc(F)ccc1Cl)c1cc(CO)ccc1Cl. The number of rotatable bonds is 4. The van der Waals surface area contributed by atoms with Gasteiger partial charge in [0.25, 0.3) is 10.0 Å². The van der Waals surface area contributed by atoms with Crippen molar-refractivity contribution in [3.05, 3.63) is 57.8 Å². The third-order valence-corrected chi connectivity index (χ3v) is 4.82. The second-order valence-corrected chi connectivity index (χ2v) is 6.62. The van der Waals surface area contributed by atoms with Gasteiger partial charge in [-0.05, 0) is 35.9 Å². The van der Waals surface area contributed by atoms with Crippen LogP contribution in [0.1, 0.15) is 5.56 Å². The Hall–Kier alpha value is -1.34. The third kappa shape index (κ3) is 3.65. The summed E-state index contributed by atoms with van der Waals surface area (Å²) in [5.41, 5.74) is 0.284. The van der Waals surface area contributed by atoms with Gasteiger partial charge in [0.15, 0.2) is 0 Å². The van der Waals surface area contributed by atoms with Crippen LogP contribution >= 0.6 is 23.2 Å². The molecule has 0 radical (unpaired) electrons. The van der Waals surface area contributed by atoms with Gasteiger partial charge in [-0.2, -0.15) is 0 Å². The molecule has 4 nitrogen and oxygen atoms in total. The predicted molar refractivity (Wildman–Crippen MR) is 79.6 cm³/mol. The molecule has 2 aromatic carbocycles. The zero-order valence-electron chi connectivity index (χ0n) is 10.5. The number of aliphatic hydroxyl groups excluding tert-OH is 1. The van der Waals surface area contributed by atoms with E-state index in [-0.39, 0.29) is 27.2 Å². The van der Waals surface area contributed by atoms with Gasteiger partial charge >= 0.3 is 0 Å². The Balaban J connectivity index is 2.45. The molecular formula is C13H10Cl2FNO3S. The molecule has 0 bridgehead atoms. The van der Waals surface area contributed by atoms with E-state index in [0.717, 1.165) is 12.1 Å². The highest BCUT2D eigenvalue weighted by Crippen LogP contribution is 2.28. The molecule has 0 aromatic heterocycles. The van der Waals surface area contributed by atoms with Crippen LogP contribution in [0.3, 0.4) is 0 Å². The van der Waals surface area contributed by atoms with Crippen LogP contribution in [-0.2, 0) is 16.6 Å². The van der Waals surface area contributed by atoms with Gasteiger partial charge < -0.3 is 5.11 Å². The van der Waals surface area contributed by atoms with E-state index in [9.17, 15) is 12.8 Å². The topological polar surface area (TPSA) is 66.4 Å². The lowest BCUT2D eigenvalue weighted by atomic mass is 10.2. The lowest BCUT2D eigenvalue weighted by molar-refractivity contribution is 0.281. The minimum Gasteiger partial charge on any atom is -0.392 e. The van der Waals surface area contributed by atoms with Gasteiger partial charge in [0.1, 0.15) is 10.7 Å². The first-order valence-corrected chi connectivity index (χ1v) is 7.94. The van der Waals surface area contributed by atoms with Crippen molar-refractivity contribution in [1.29, 1.82) is 0 Å². The zero-order chi connectivity index (χ0) is 15.6. The summed E-state index contributed by atoms with van der Waals surface area (Å²) in [6.45, 7) is -0.333. The average Bonchev–Trinajstić information content (AvgIpc) is 2.43. The monoisotopic (exact) mass is 349 g/mol. The van der Waals surface area contributed by atoms with Crippen LogP contribution in [0.5, 0.6) is 0 Å². The Morgan fingerprint density at radius 1 is 1.10 bits per heavy atom. The van der Waals surface area contributed by atoms with E-state index < -0.39 is 15.8 Å². The summed E-state index contributed by atoms with van der Waals surface area (Å²) >= 11 is 11.7. The van der Waals surface area contributed by atoms with Gasteiger partial charge in [-0.3, -0.25) is 4.72 Å². The Kier molecular flexibility index (Phi) is 4.73. The number of benzene rings is 2. The molecule has 0 heterocycles. The third-order valence-electron chi connectivity index (χ3n) is 2.64. The molecule has 0 unspecified atom stereocenters. The van der Waals surface area contributed by atoms with Crippen molar-refractivity contribution >= 4 is 38.9 Å². The maximum absolute atomic E-state index is 13.2. The number of halogens is 3. The number of nitrogens with one attached hydrogen (secondary N) is 1. The van der Waals surface area contributed by atoms with Crippen LogP contribution in [0.2, 0.25) is 10.0 Å². The van der Waals surface area contributed by atoms with Gasteiger partial charge in [0.2, 0.25) is 0 Å². The molecule has 0 spiro atoms. The zero-order valence-corrected chi connectivity index (χ0v) is 12.8. The molecule has 112 valence electrons. The molecule has 0 amide bonds. The van der Waals surface area contributed by atoms with E-state index in [1.807, 2.05) is 0 Å². The van der Waals surface area contributed by atoms with Gasteiger partial charge in [-0.15, -0.1) is 0 Å². The fraction of sp³-hybridized carbons (Fsp3) is 0.0769. The van der Waals surface area contributed by atoms with Crippen molar-refractivity contribution in [2.75, 3.05) is 4.72 Å². The Morgan fingerprint density at radius 3 is 2.43 bits per heavy atom. The molecule has 2 aromatic rings. The number of sulfonamides is 1. The molecule has 0 saturated carbocycles. The van der Waals surface area contributed by atoms with Crippen LogP contribution in [0.25, 0.3) is 0 Å². The van der Waals surface area contributed by atoms with E-state index in [1.165, 1.54) is 24.3 Å². The van der Waals surface area contributed by atoms with Gasteiger partial charge in [0, 0.05) is 0 Å². The van der Waals surface area contributed by atoms with Crippen molar-refractivity contribution < 1.29 is 17.9 Å². The first kappa shape index (κ1) is 16.0. The van der Waals surface area contributed by atoms with Gasteiger partial charge in [-0.1, -0.05) is 29.3 Å². The van der Waals surface area contributed by atoms with Gasteiger partial charge in [0.05, 0.1) is 22.3 Å². The van der Waals surface area contributed by atoms with Crippen molar-refractivity contribution in [3.63, 3.8) is 0 Å². The summed E-state index contributed by atoms with van der Waals surface area (Å²) < 4.78 is 39.9. The van der Waals surface area contributed by atoms with Crippen molar-refractivity contribution in [2.24, 2.45) is 0 Å². The summed E-state index contributed by atoms with van der Waals surface area (Å²) in [5.74, 6) is -0.632. The van der Waals surface area contributed by atoms with Crippen molar-refractivity contribution in [3.8, 4) is 0 Å². The molecule has 0 fully saturated rings. The number of hydrogen-bond donors (Lipinski definition) is 2. The van der Waals surface area contributed by atoms with Crippen LogP contribution in [0, 0.1) is 5.82 Å². The first-order chi connectivity index (χ1) is 9.83. The molecule has 0 aliphatic heterocycles. The van der Waals surface area contributed by atoms with E-state index in [1.54, 1.807) is 0 Å². The summed E-state index contributed by atoms with van der Waals surface area (Å²) in [6.07, 6.45) is 0. The van der Waals surface area contributed by atoms with E-state index in [0.29, 0.717) is 5.56 Å². The molecule has 0 aliphatic rings. The molecule has 0 aliphatic carbocycles. The Labute approximate surface area is 131 Å². The summed E-state index contributed by atoms with van der Waals surface area (Å²) in [5, 5.41) is 9.09. The van der Waals surface area contributed by atoms with Crippen LogP contribution in [-0.4, -0.2) is 13.5 Å². The average molecular weight is 350 g/mol. The van der Waals surface area contributed by atoms with Crippen LogP contribution in [0.4, 0.5) is 10.1 Å². The summed E-state index contributed by atoms with van der Waals surface area (Å²) in [7, 11) is -4.06. The van der Waals surface area contributed by atoms with Crippen LogP contribution in [0.15, 0.2) is 41.3 Å². The lowest BCUT2D eigenvalue weighted by Gasteiger charge is -2.11. The summed E-state index contributed by atoms with van der Waals surface area (Å²) in [6, 6.07) is 7.40. The number of hydrogen-bond acceptors (Lipinski definition) is 3. The largest absolute Gasteiger partial charge is 0.392 e. The fourth-order valence-electron chi connectivity index (χ4n) is 1.63. The minimum absolute atomic E-state index is 0.0211. The smallest absolute Gasteiger partial charge is 0.263 e.